The minimum absolute atomic E-state index is 0.0167. The smallest absolute Gasteiger partial charge is 0.271 e. The van der Waals surface area contributed by atoms with Gasteiger partial charge < -0.3 is 10.1 Å². The number of nitrogens with zero attached hydrogens (tertiary/aromatic N) is 1. The lowest BCUT2D eigenvalue weighted by Gasteiger charge is -2.15. The highest BCUT2D eigenvalue weighted by Crippen LogP contribution is 2.34. The molecule has 1 N–H and O–H groups in total. The van der Waals surface area contributed by atoms with Crippen molar-refractivity contribution in [1.29, 1.82) is 0 Å². The number of ether oxygens (including phenoxy) is 1. The van der Waals surface area contributed by atoms with E-state index in [-0.39, 0.29) is 18.1 Å². The van der Waals surface area contributed by atoms with Crippen molar-refractivity contribution in [2.75, 3.05) is 5.32 Å². The molecule has 144 valence electrons. The van der Waals surface area contributed by atoms with Crippen molar-refractivity contribution in [2.45, 2.75) is 13.2 Å². The standard InChI is InChI=1S/C20H15Br2FN2O3/c21-15-8-14(11-24-17-5-2-6-18(10-17)25(26)27)20(19(22)9-15)28-12-13-3-1-4-16(23)7-13/h1-10,24H,11-12H2. The van der Waals surface area contributed by atoms with Gasteiger partial charge in [-0.2, -0.15) is 0 Å². The summed E-state index contributed by atoms with van der Waals surface area (Å²) in [6, 6.07) is 16.3. The van der Waals surface area contributed by atoms with E-state index in [1.807, 2.05) is 12.1 Å². The van der Waals surface area contributed by atoms with Crippen LogP contribution in [0.5, 0.6) is 5.75 Å². The molecule has 0 atom stereocenters. The molecular weight excluding hydrogens is 495 g/mol. The van der Waals surface area contributed by atoms with Crippen molar-refractivity contribution in [3.63, 3.8) is 0 Å². The number of non-ortho nitro benzene ring substituents is 1. The Kier molecular flexibility index (Phi) is 6.64. The van der Waals surface area contributed by atoms with E-state index in [9.17, 15) is 14.5 Å². The zero-order valence-corrected chi connectivity index (χ0v) is 17.7. The Labute approximate surface area is 177 Å². The molecule has 0 spiro atoms. The predicted octanol–water partition coefficient (Wildman–Crippen LogP) is 6.45. The number of hydrogen-bond donors (Lipinski definition) is 1. The number of anilines is 1. The van der Waals surface area contributed by atoms with Crippen molar-refractivity contribution in [3.8, 4) is 5.75 Å². The van der Waals surface area contributed by atoms with Gasteiger partial charge in [0.25, 0.3) is 5.69 Å². The maximum atomic E-state index is 13.4. The molecule has 28 heavy (non-hydrogen) atoms. The van der Waals surface area contributed by atoms with Crippen LogP contribution in [-0.2, 0) is 13.2 Å². The van der Waals surface area contributed by atoms with E-state index in [1.165, 1.54) is 24.3 Å². The molecule has 0 aliphatic rings. The van der Waals surface area contributed by atoms with Crippen LogP contribution in [0.3, 0.4) is 0 Å². The molecule has 0 radical (unpaired) electrons. The zero-order chi connectivity index (χ0) is 20.1. The van der Waals surface area contributed by atoms with Crippen LogP contribution in [0.2, 0.25) is 0 Å². The first-order chi connectivity index (χ1) is 13.4. The van der Waals surface area contributed by atoms with Gasteiger partial charge in [-0.1, -0.05) is 34.1 Å². The average Bonchev–Trinajstić information content (AvgIpc) is 2.65. The van der Waals surface area contributed by atoms with Crippen molar-refractivity contribution in [1.82, 2.24) is 0 Å². The Morgan fingerprint density at radius 2 is 1.86 bits per heavy atom. The number of halogens is 3. The van der Waals surface area contributed by atoms with Crippen LogP contribution in [0.15, 0.2) is 69.6 Å². The van der Waals surface area contributed by atoms with Crippen LogP contribution in [0, 0.1) is 15.9 Å². The average molecular weight is 510 g/mol. The van der Waals surface area contributed by atoms with Gasteiger partial charge in [-0.15, -0.1) is 0 Å². The van der Waals surface area contributed by atoms with Gasteiger partial charge in [-0.25, -0.2) is 4.39 Å². The van der Waals surface area contributed by atoms with Gasteiger partial charge in [-0.05, 0) is 51.8 Å². The number of benzene rings is 3. The van der Waals surface area contributed by atoms with Crippen LogP contribution in [0.1, 0.15) is 11.1 Å². The van der Waals surface area contributed by atoms with E-state index in [2.05, 4.69) is 37.2 Å². The Morgan fingerprint density at radius 1 is 1.07 bits per heavy atom. The lowest BCUT2D eigenvalue weighted by molar-refractivity contribution is -0.384. The normalized spacial score (nSPS) is 10.5. The lowest BCUT2D eigenvalue weighted by Crippen LogP contribution is -2.05. The van der Waals surface area contributed by atoms with E-state index < -0.39 is 4.92 Å². The summed E-state index contributed by atoms with van der Waals surface area (Å²) in [5, 5.41) is 14.1. The molecule has 0 unspecified atom stereocenters. The molecule has 0 saturated heterocycles. The third kappa shape index (κ3) is 5.30. The van der Waals surface area contributed by atoms with Crippen LogP contribution in [0.4, 0.5) is 15.8 Å². The number of nitrogens with one attached hydrogen (secondary N) is 1. The van der Waals surface area contributed by atoms with Gasteiger partial charge in [0.15, 0.2) is 0 Å². The molecule has 0 aliphatic heterocycles. The van der Waals surface area contributed by atoms with Crippen LogP contribution >= 0.6 is 31.9 Å². The third-order valence-corrected chi connectivity index (χ3v) is 4.94. The fraction of sp³-hybridized carbons (Fsp3) is 0.100. The number of nitro benzene ring substituents is 1. The van der Waals surface area contributed by atoms with Crippen molar-refractivity contribution < 1.29 is 14.1 Å². The van der Waals surface area contributed by atoms with Crippen molar-refractivity contribution in [3.05, 3.63) is 96.7 Å². The monoisotopic (exact) mass is 508 g/mol. The second kappa shape index (κ2) is 9.16. The highest BCUT2D eigenvalue weighted by Gasteiger charge is 2.12. The molecule has 0 aromatic heterocycles. The molecule has 0 heterocycles. The summed E-state index contributed by atoms with van der Waals surface area (Å²) in [5.74, 6) is 0.300. The summed E-state index contributed by atoms with van der Waals surface area (Å²) in [7, 11) is 0. The van der Waals surface area contributed by atoms with Crippen molar-refractivity contribution >= 4 is 43.2 Å². The lowest BCUT2D eigenvalue weighted by atomic mass is 10.2. The number of nitro groups is 1. The molecular formula is C20H15Br2FN2O3. The van der Waals surface area contributed by atoms with Crippen molar-refractivity contribution in [2.24, 2.45) is 0 Å². The van der Waals surface area contributed by atoms with E-state index in [0.717, 1.165) is 14.5 Å². The quantitative estimate of drug-likeness (QED) is 0.293. The molecule has 0 aliphatic carbocycles. The molecule has 3 rings (SSSR count). The number of rotatable bonds is 7. The van der Waals surface area contributed by atoms with E-state index in [4.69, 9.17) is 4.74 Å². The van der Waals surface area contributed by atoms with Gasteiger partial charge in [0, 0.05) is 34.4 Å². The Bertz CT molecular complexity index is 1010. The van der Waals surface area contributed by atoms with E-state index in [0.29, 0.717) is 23.5 Å². The minimum atomic E-state index is -0.436. The predicted molar refractivity (Wildman–Crippen MR) is 113 cm³/mol. The fourth-order valence-electron chi connectivity index (χ4n) is 2.62. The summed E-state index contributed by atoms with van der Waals surface area (Å²) < 4.78 is 20.9. The molecule has 0 amide bonds. The zero-order valence-electron chi connectivity index (χ0n) is 14.5. The Morgan fingerprint density at radius 3 is 2.61 bits per heavy atom. The first-order valence-electron chi connectivity index (χ1n) is 8.26. The first kappa shape index (κ1) is 20.3. The Hall–Kier alpha value is -2.45. The highest BCUT2D eigenvalue weighted by atomic mass is 79.9. The van der Waals surface area contributed by atoms with Crippen LogP contribution in [0.25, 0.3) is 0 Å². The first-order valence-corrected chi connectivity index (χ1v) is 9.84. The summed E-state index contributed by atoms with van der Waals surface area (Å²) in [6.45, 7) is 0.597. The minimum Gasteiger partial charge on any atom is -0.487 e. The molecule has 0 fully saturated rings. The molecule has 0 saturated carbocycles. The second-order valence-corrected chi connectivity index (χ2v) is 7.73. The molecule has 3 aromatic rings. The van der Waals surface area contributed by atoms with Gasteiger partial charge in [0.2, 0.25) is 0 Å². The largest absolute Gasteiger partial charge is 0.487 e. The summed E-state index contributed by atoms with van der Waals surface area (Å²) >= 11 is 6.95. The molecule has 0 bridgehead atoms. The summed E-state index contributed by atoms with van der Waals surface area (Å²) in [4.78, 5) is 10.5. The van der Waals surface area contributed by atoms with Gasteiger partial charge >= 0.3 is 0 Å². The number of hydrogen-bond acceptors (Lipinski definition) is 4. The van der Waals surface area contributed by atoms with Crippen LogP contribution < -0.4 is 10.1 Å². The molecule has 8 heteroatoms. The summed E-state index contributed by atoms with van der Waals surface area (Å²) in [6.07, 6.45) is 0. The second-order valence-electron chi connectivity index (χ2n) is 5.96. The van der Waals surface area contributed by atoms with Gasteiger partial charge in [0.1, 0.15) is 18.2 Å². The topological polar surface area (TPSA) is 64.4 Å². The summed E-state index contributed by atoms with van der Waals surface area (Å²) in [5.41, 5.74) is 2.20. The molecule has 3 aromatic carbocycles. The van der Waals surface area contributed by atoms with E-state index >= 15 is 0 Å². The highest BCUT2D eigenvalue weighted by molar-refractivity contribution is 9.11. The molecule has 5 nitrogen and oxygen atoms in total. The Balaban J connectivity index is 1.78. The maximum absolute atomic E-state index is 13.4. The van der Waals surface area contributed by atoms with Gasteiger partial charge in [0.05, 0.1) is 9.40 Å². The van der Waals surface area contributed by atoms with E-state index in [1.54, 1.807) is 24.3 Å². The SMILES string of the molecule is O=[N+]([O-])c1cccc(NCc2cc(Br)cc(Br)c2OCc2cccc(F)c2)c1. The fourth-order valence-corrected chi connectivity index (χ4v) is 4.04. The maximum Gasteiger partial charge on any atom is 0.271 e. The van der Waals surface area contributed by atoms with Gasteiger partial charge in [-0.3, -0.25) is 10.1 Å². The van der Waals surface area contributed by atoms with Crippen LogP contribution in [-0.4, -0.2) is 4.92 Å². The third-order valence-electron chi connectivity index (χ3n) is 3.90.